The zero-order chi connectivity index (χ0) is 27.7. The van der Waals surface area contributed by atoms with Crippen LogP contribution in [-0.2, 0) is 7.05 Å². The topological polar surface area (TPSA) is 103 Å². The normalized spacial score (nSPS) is 12.0. The van der Waals surface area contributed by atoms with Crippen molar-refractivity contribution in [1.82, 2.24) is 39.6 Å². The zero-order valence-corrected chi connectivity index (χ0v) is 22.8. The van der Waals surface area contributed by atoms with Crippen molar-refractivity contribution in [3.05, 3.63) is 84.0 Å². The number of hydrogen-bond donors (Lipinski definition) is 3. The van der Waals surface area contributed by atoms with E-state index in [0.717, 1.165) is 45.9 Å². The van der Waals surface area contributed by atoms with E-state index >= 15 is 0 Å². The summed E-state index contributed by atoms with van der Waals surface area (Å²) in [5.41, 5.74) is 6.86. The highest BCUT2D eigenvalue weighted by Crippen LogP contribution is 2.32. The Morgan fingerprint density at radius 3 is 2.69 bits per heavy atom. The van der Waals surface area contributed by atoms with Crippen LogP contribution >= 0.6 is 0 Å². The molecule has 0 amide bonds. The molecule has 5 aromatic rings. The molecule has 0 aliphatic carbocycles. The van der Waals surface area contributed by atoms with E-state index in [-0.39, 0.29) is 5.82 Å². The largest absolute Gasteiger partial charge is 0.384 e. The molecule has 0 saturated carbocycles. The SMILES string of the molecule is C=C/C=C(/c1cc(F)cc(NCCN(C)C)c1)c1nc(-c2n[nH]c3cnc(-c4cnc(C)n4C)cc23)[nH]c1C. The summed E-state index contributed by atoms with van der Waals surface area (Å²) in [6, 6.07) is 6.93. The van der Waals surface area contributed by atoms with Crippen LogP contribution in [0, 0.1) is 19.7 Å². The minimum atomic E-state index is -0.327. The van der Waals surface area contributed by atoms with Gasteiger partial charge < -0.3 is 19.8 Å². The van der Waals surface area contributed by atoms with Crippen LogP contribution in [0.15, 0.2) is 55.4 Å². The smallest absolute Gasteiger partial charge is 0.159 e. The van der Waals surface area contributed by atoms with Crippen molar-refractivity contribution in [2.75, 3.05) is 32.5 Å². The van der Waals surface area contributed by atoms with E-state index in [0.29, 0.717) is 35.0 Å². The number of nitrogens with zero attached hydrogens (tertiary/aromatic N) is 6. The van der Waals surface area contributed by atoms with Crippen LogP contribution in [0.25, 0.3) is 39.4 Å². The molecule has 1 aromatic carbocycles. The van der Waals surface area contributed by atoms with Crippen LogP contribution in [0.1, 0.15) is 22.8 Å². The molecule has 0 radical (unpaired) electrons. The van der Waals surface area contributed by atoms with Gasteiger partial charge in [-0.3, -0.25) is 10.1 Å². The lowest BCUT2D eigenvalue weighted by molar-refractivity contribution is 0.425. The Labute approximate surface area is 226 Å². The van der Waals surface area contributed by atoms with Crippen molar-refractivity contribution in [1.29, 1.82) is 0 Å². The van der Waals surface area contributed by atoms with Gasteiger partial charge in [-0.25, -0.2) is 14.4 Å². The fourth-order valence-electron chi connectivity index (χ4n) is 4.51. The first-order valence-electron chi connectivity index (χ1n) is 12.7. The average Bonchev–Trinajstić information content (AvgIpc) is 3.58. The number of fused-ring (bicyclic) bond motifs is 1. The minimum Gasteiger partial charge on any atom is -0.384 e. The second-order valence-electron chi connectivity index (χ2n) is 9.77. The Kier molecular flexibility index (Phi) is 7.12. The number of allylic oxidation sites excluding steroid dienone is 2. The lowest BCUT2D eigenvalue weighted by atomic mass is 10.00. The summed E-state index contributed by atoms with van der Waals surface area (Å²) in [6.45, 7) is 9.30. The number of pyridine rings is 1. The Morgan fingerprint density at radius 1 is 1.15 bits per heavy atom. The number of benzene rings is 1. The van der Waals surface area contributed by atoms with Crippen LogP contribution in [0.4, 0.5) is 10.1 Å². The third kappa shape index (κ3) is 5.23. The molecule has 0 bridgehead atoms. The van der Waals surface area contributed by atoms with Crippen molar-refractivity contribution in [3.63, 3.8) is 0 Å². The van der Waals surface area contributed by atoms with E-state index in [1.54, 1.807) is 12.3 Å². The van der Waals surface area contributed by atoms with Crippen molar-refractivity contribution in [3.8, 4) is 22.9 Å². The van der Waals surface area contributed by atoms with E-state index in [1.165, 1.54) is 12.1 Å². The number of aryl methyl sites for hydroxylation is 2. The first kappa shape index (κ1) is 26.1. The summed E-state index contributed by atoms with van der Waals surface area (Å²) in [4.78, 5) is 19.4. The second kappa shape index (κ2) is 10.7. The van der Waals surface area contributed by atoms with Crippen LogP contribution in [-0.4, -0.2) is 66.8 Å². The minimum absolute atomic E-state index is 0.327. The van der Waals surface area contributed by atoms with Gasteiger partial charge in [0.2, 0.25) is 0 Å². The molecule has 5 rings (SSSR count). The van der Waals surface area contributed by atoms with E-state index in [1.807, 2.05) is 64.0 Å². The third-order valence-corrected chi connectivity index (χ3v) is 6.68. The predicted octanol–water partition coefficient (Wildman–Crippen LogP) is 5.10. The number of likely N-dealkylation sites (N-methyl/N-ethyl adjacent to an activating group) is 1. The van der Waals surface area contributed by atoms with Crippen molar-refractivity contribution >= 4 is 22.2 Å². The first-order valence-corrected chi connectivity index (χ1v) is 12.7. The number of aromatic amines is 2. The van der Waals surface area contributed by atoms with Crippen molar-refractivity contribution in [2.45, 2.75) is 13.8 Å². The van der Waals surface area contributed by atoms with Gasteiger partial charge in [0.05, 0.1) is 35.0 Å². The fourth-order valence-corrected chi connectivity index (χ4v) is 4.51. The quantitative estimate of drug-likeness (QED) is 0.232. The highest BCUT2D eigenvalue weighted by molar-refractivity contribution is 5.93. The molecule has 0 fully saturated rings. The first-order chi connectivity index (χ1) is 18.7. The molecule has 0 unspecified atom stereocenters. The number of hydrogen-bond acceptors (Lipinski definition) is 6. The van der Waals surface area contributed by atoms with Crippen molar-refractivity contribution < 1.29 is 4.39 Å². The molecule has 39 heavy (non-hydrogen) atoms. The molecule has 0 atom stereocenters. The molecule has 9 nitrogen and oxygen atoms in total. The Hall–Kier alpha value is -4.57. The molecule has 4 aromatic heterocycles. The van der Waals surface area contributed by atoms with Gasteiger partial charge in [-0.15, -0.1) is 0 Å². The molecule has 200 valence electrons. The van der Waals surface area contributed by atoms with Gasteiger partial charge in [0.25, 0.3) is 0 Å². The van der Waals surface area contributed by atoms with Gasteiger partial charge in [-0.1, -0.05) is 18.7 Å². The summed E-state index contributed by atoms with van der Waals surface area (Å²) in [5.74, 6) is 1.18. The van der Waals surface area contributed by atoms with E-state index in [9.17, 15) is 4.39 Å². The highest BCUT2D eigenvalue weighted by Gasteiger charge is 2.19. The summed E-state index contributed by atoms with van der Waals surface area (Å²) >= 11 is 0. The van der Waals surface area contributed by atoms with Gasteiger partial charge in [0.15, 0.2) is 5.82 Å². The molecule has 4 heterocycles. The number of aromatic nitrogens is 7. The summed E-state index contributed by atoms with van der Waals surface area (Å²) in [7, 11) is 5.97. The number of H-pyrrole nitrogens is 2. The second-order valence-corrected chi connectivity index (χ2v) is 9.77. The molecule has 10 heteroatoms. The van der Waals surface area contributed by atoms with Crippen LogP contribution in [0.5, 0.6) is 0 Å². The number of rotatable bonds is 9. The van der Waals surface area contributed by atoms with Gasteiger partial charge in [-0.05, 0) is 57.8 Å². The lowest BCUT2D eigenvalue weighted by Gasteiger charge is -2.13. The number of anilines is 1. The highest BCUT2D eigenvalue weighted by atomic mass is 19.1. The van der Waals surface area contributed by atoms with Crippen LogP contribution in [0.3, 0.4) is 0 Å². The van der Waals surface area contributed by atoms with E-state index < -0.39 is 0 Å². The van der Waals surface area contributed by atoms with Gasteiger partial charge in [0.1, 0.15) is 17.3 Å². The molecule has 3 N–H and O–H groups in total. The maximum atomic E-state index is 14.7. The fraction of sp³-hybridized carbons (Fsp3) is 0.241. The Morgan fingerprint density at radius 2 is 1.97 bits per heavy atom. The van der Waals surface area contributed by atoms with Crippen LogP contribution in [0.2, 0.25) is 0 Å². The molecule has 0 aliphatic heterocycles. The Bertz CT molecular complexity index is 1690. The average molecular weight is 526 g/mol. The predicted molar refractivity (Wildman–Crippen MR) is 154 cm³/mol. The molecule has 0 saturated heterocycles. The standard InChI is InChI=1S/C29H32FN9/c1-7-8-22(19-11-20(30)13-21(12-19)31-9-10-38(4)5)27-17(2)34-29(35-27)28-23-14-24(33-15-25(23)36-37-28)26-16-32-18(3)39(26)6/h7-8,11-16,31H,1,9-10H2,2-6H3,(H,34,35)(H,36,37)/b22-8-. The number of nitrogens with one attached hydrogen (secondary N) is 3. The lowest BCUT2D eigenvalue weighted by Crippen LogP contribution is -2.20. The number of imidazole rings is 2. The van der Waals surface area contributed by atoms with Gasteiger partial charge >= 0.3 is 0 Å². The Balaban J connectivity index is 1.53. The van der Waals surface area contributed by atoms with Gasteiger partial charge in [0, 0.05) is 42.5 Å². The zero-order valence-electron chi connectivity index (χ0n) is 22.8. The molecule has 0 spiro atoms. The summed E-state index contributed by atoms with van der Waals surface area (Å²) in [6.07, 6.45) is 7.11. The maximum absolute atomic E-state index is 14.7. The third-order valence-electron chi connectivity index (χ3n) is 6.68. The maximum Gasteiger partial charge on any atom is 0.159 e. The van der Waals surface area contributed by atoms with Gasteiger partial charge in [-0.2, -0.15) is 5.10 Å². The van der Waals surface area contributed by atoms with E-state index in [4.69, 9.17) is 4.98 Å². The molecular weight excluding hydrogens is 493 g/mol. The van der Waals surface area contributed by atoms with E-state index in [2.05, 4.69) is 41.9 Å². The van der Waals surface area contributed by atoms with Crippen molar-refractivity contribution in [2.24, 2.45) is 7.05 Å². The summed E-state index contributed by atoms with van der Waals surface area (Å²) in [5, 5.41) is 11.8. The number of halogens is 1. The summed E-state index contributed by atoms with van der Waals surface area (Å²) < 4.78 is 16.7. The van der Waals surface area contributed by atoms with Crippen LogP contribution < -0.4 is 5.32 Å². The molecular formula is C29H32FN9. The monoisotopic (exact) mass is 525 g/mol. The molecule has 0 aliphatic rings.